The van der Waals surface area contributed by atoms with E-state index in [2.05, 4.69) is 0 Å². The fraction of sp³-hybridized carbons (Fsp3) is 0.0435. The van der Waals surface area contributed by atoms with Gasteiger partial charge in [-0.25, -0.2) is 4.39 Å². The van der Waals surface area contributed by atoms with Crippen LogP contribution in [0.2, 0.25) is 0 Å². The normalized spacial score (nSPS) is 10.7. The van der Waals surface area contributed by atoms with Crippen LogP contribution < -0.4 is 4.74 Å². The van der Waals surface area contributed by atoms with Gasteiger partial charge in [-0.05, 0) is 35.4 Å². The topological polar surface area (TPSA) is 22.4 Å². The highest BCUT2D eigenvalue weighted by Gasteiger charge is 2.14. The van der Waals surface area contributed by atoms with E-state index >= 15 is 0 Å². The van der Waals surface area contributed by atoms with Gasteiger partial charge in [-0.3, -0.25) is 0 Å². The Morgan fingerprint density at radius 1 is 0.692 bits per heavy atom. The number of rotatable bonds is 4. The lowest BCUT2D eigenvalue weighted by atomic mass is 10.0. The van der Waals surface area contributed by atoms with E-state index in [0.717, 1.165) is 22.4 Å². The van der Waals surface area contributed by atoms with Crippen molar-refractivity contribution in [3.05, 3.63) is 90.7 Å². The first kappa shape index (κ1) is 16.2. The Bertz CT molecular complexity index is 1000. The number of ether oxygens (including phenoxy) is 1. The predicted molar refractivity (Wildman–Crippen MR) is 102 cm³/mol. The minimum absolute atomic E-state index is 0.246. The van der Waals surface area contributed by atoms with Gasteiger partial charge in [0.15, 0.2) is 11.6 Å². The van der Waals surface area contributed by atoms with Gasteiger partial charge in [-0.2, -0.15) is 0 Å². The zero-order chi connectivity index (χ0) is 17.9. The highest BCUT2D eigenvalue weighted by molar-refractivity contribution is 5.70. The van der Waals surface area contributed by atoms with Crippen molar-refractivity contribution in [1.29, 1.82) is 0 Å². The molecule has 0 unspecified atom stereocenters. The summed E-state index contributed by atoms with van der Waals surface area (Å²) in [4.78, 5) is 0. The monoisotopic (exact) mass is 344 g/mol. The van der Waals surface area contributed by atoms with Gasteiger partial charge < -0.3 is 9.15 Å². The van der Waals surface area contributed by atoms with Crippen molar-refractivity contribution in [2.75, 3.05) is 7.11 Å². The van der Waals surface area contributed by atoms with Crippen LogP contribution in [0.1, 0.15) is 0 Å². The van der Waals surface area contributed by atoms with Crippen LogP contribution in [0.4, 0.5) is 4.39 Å². The molecule has 0 saturated heterocycles. The van der Waals surface area contributed by atoms with Crippen LogP contribution in [0.15, 0.2) is 89.3 Å². The van der Waals surface area contributed by atoms with Crippen LogP contribution in [-0.2, 0) is 0 Å². The molecule has 4 aromatic rings. The summed E-state index contributed by atoms with van der Waals surface area (Å²) in [5.41, 5.74) is 3.72. The second-order valence-electron chi connectivity index (χ2n) is 5.96. The summed E-state index contributed by atoms with van der Waals surface area (Å²) in [6, 6.07) is 26.5. The van der Waals surface area contributed by atoms with Gasteiger partial charge >= 0.3 is 0 Å². The molecule has 0 amide bonds. The van der Waals surface area contributed by atoms with Gasteiger partial charge in [-0.15, -0.1) is 0 Å². The second kappa shape index (κ2) is 6.89. The van der Waals surface area contributed by atoms with Gasteiger partial charge in [-0.1, -0.05) is 54.6 Å². The van der Waals surface area contributed by atoms with Crippen molar-refractivity contribution in [2.45, 2.75) is 0 Å². The number of methoxy groups -OCH3 is 1. The fourth-order valence-corrected chi connectivity index (χ4v) is 2.91. The quantitative estimate of drug-likeness (QED) is 0.426. The molecular formula is C23H17FO2. The maximum Gasteiger partial charge on any atom is 0.170 e. The minimum Gasteiger partial charge on any atom is -0.497 e. The average Bonchev–Trinajstić information content (AvgIpc) is 3.10. The zero-order valence-electron chi connectivity index (χ0n) is 14.3. The van der Waals surface area contributed by atoms with Crippen LogP contribution in [0.3, 0.4) is 0 Å². The standard InChI is InChI=1S/C23H17FO2/c1-25-20-13-11-18(12-14-20)22-15-21(24)23(26-22)19-9-7-17(8-10-19)16-5-3-2-4-6-16/h2-15H,1H3. The molecular weight excluding hydrogens is 327 g/mol. The molecule has 4 rings (SSSR count). The van der Waals surface area contributed by atoms with Gasteiger partial charge in [0, 0.05) is 17.2 Å². The van der Waals surface area contributed by atoms with E-state index in [-0.39, 0.29) is 11.6 Å². The molecule has 128 valence electrons. The molecule has 0 spiro atoms. The van der Waals surface area contributed by atoms with E-state index in [9.17, 15) is 4.39 Å². The molecule has 0 N–H and O–H groups in total. The Hall–Kier alpha value is -3.33. The largest absolute Gasteiger partial charge is 0.497 e. The summed E-state index contributed by atoms with van der Waals surface area (Å²) in [5, 5.41) is 0. The van der Waals surface area contributed by atoms with Gasteiger partial charge in [0.25, 0.3) is 0 Å². The first-order valence-electron chi connectivity index (χ1n) is 8.34. The van der Waals surface area contributed by atoms with Crippen LogP contribution in [-0.4, -0.2) is 7.11 Å². The molecule has 26 heavy (non-hydrogen) atoms. The summed E-state index contributed by atoms with van der Waals surface area (Å²) in [5.74, 6) is 1.11. The number of hydrogen-bond donors (Lipinski definition) is 0. The van der Waals surface area contributed by atoms with Crippen LogP contribution >= 0.6 is 0 Å². The van der Waals surface area contributed by atoms with Gasteiger partial charge in [0.05, 0.1) is 7.11 Å². The van der Waals surface area contributed by atoms with Crippen LogP contribution in [0.25, 0.3) is 33.8 Å². The summed E-state index contributed by atoms with van der Waals surface area (Å²) in [6.45, 7) is 0. The summed E-state index contributed by atoms with van der Waals surface area (Å²) >= 11 is 0. The zero-order valence-corrected chi connectivity index (χ0v) is 14.3. The van der Waals surface area contributed by atoms with E-state index in [1.165, 1.54) is 6.07 Å². The molecule has 1 heterocycles. The number of benzene rings is 3. The summed E-state index contributed by atoms with van der Waals surface area (Å²) in [7, 11) is 1.61. The molecule has 2 nitrogen and oxygen atoms in total. The smallest absolute Gasteiger partial charge is 0.170 e. The van der Waals surface area contributed by atoms with E-state index in [1.54, 1.807) is 7.11 Å². The molecule has 0 radical (unpaired) electrons. The van der Waals surface area contributed by atoms with Crippen molar-refractivity contribution >= 4 is 0 Å². The predicted octanol–water partition coefficient (Wildman–Crippen LogP) is 6.43. The number of halogens is 1. The van der Waals surface area contributed by atoms with E-state index in [0.29, 0.717) is 11.3 Å². The highest BCUT2D eigenvalue weighted by Crippen LogP contribution is 2.33. The Morgan fingerprint density at radius 2 is 1.27 bits per heavy atom. The Morgan fingerprint density at radius 3 is 1.92 bits per heavy atom. The SMILES string of the molecule is COc1ccc(-c2cc(F)c(-c3ccc(-c4ccccc4)cc3)o2)cc1. The molecule has 3 aromatic carbocycles. The third kappa shape index (κ3) is 3.11. The number of hydrogen-bond acceptors (Lipinski definition) is 2. The van der Waals surface area contributed by atoms with Crippen LogP contribution in [0.5, 0.6) is 5.75 Å². The number of furan rings is 1. The lowest BCUT2D eigenvalue weighted by Gasteiger charge is -2.03. The molecule has 0 aliphatic rings. The fourth-order valence-electron chi connectivity index (χ4n) is 2.91. The van der Waals surface area contributed by atoms with E-state index in [1.807, 2.05) is 78.9 Å². The lowest BCUT2D eigenvalue weighted by Crippen LogP contribution is -1.81. The van der Waals surface area contributed by atoms with Crippen LogP contribution in [0, 0.1) is 5.82 Å². The maximum atomic E-state index is 14.4. The van der Waals surface area contributed by atoms with E-state index < -0.39 is 0 Å². The van der Waals surface area contributed by atoms with Crippen molar-refractivity contribution in [1.82, 2.24) is 0 Å². The third-order valence-corrected chi connectivity index (χ3v) is 4.32. The van der Waals surface area contributed by atoms with E-state index in [4.69, 9.17) is 9.15 Å². The van der Waals surface area contributed by atoms with Crippen molar-refractivity contribution in [2.24, 2.45) is 0 Å². The van der Waals surface area contributed by atoms with Crippen molar-refractivity contribution in [3.8, 4) is 39.5 Å². The molecule has 0 fully saturated rings. The Labute approximate surface area is 151 Å². The Balaban J connectivity index is 1.64. The highest BCUT2D eigenvalue weighted by atomic mass is 19.1. The molecule has 1 aromatic heterocycles. The maximum absolute atomic E-state index is 14.4. The lowest BCUT2D eigenvalue weighted by molar-refractivity contribution is 0.415. The summed E-state index contributed by atoms with van der Waals surface area (Å²) < 4.78 is 25.4. The summed E-state index contributed by atoms with van der Waals surface area (Å²) in [6.07, 6.45) is 0. The molecule has 3 heteroatoms. The van der Waals surface area contributed by atoms with Crippen molar-refractivity contribution < 1.29 is 13.5 Å². The van der Waals surface area contributed by atoms with Gasteiger partial charge in [0.1, 0.15) is 11.5 Å². The molecule has 0 bridgehead atoms. The average molecular weight is 344 g/mol. The molecule has 0 aliphatic carbocycles. The first-order chi connectivity index (χ1) is 12.7. The molecule has 0 aliphatic heterocycles. The molecule has 0 atom stereocenters. The first-order valence-corrected chi connectivity index (χ1v) is 8.34. The van der Waals surface area contributed by atoms with Gasteiger partial charge in [0.2, 0.25) is 0 Å². The Kier molecular flexibility index (Phi) is 4.28. The second-order valence-corrected chi connectivity index (χ2v) is 5.96. The minimum atomic E-state index is -0.372. The van der Waals surface area contributed by atoms with Crippen molar-refractivity contribution in [3.63, 3.8) is 0 Å². The third-order valence-electron chi connectivity index (χ3n) is 4.32. The molecule has 0 saturated carbocycles.